The lowest BCUT2D eigenvalue weighted by Gasteiger charge is -2.31. The quantitative estimate of drug-likeness (QED) is 0.750. The van der Waals surface area contributed by atoms with Crippen LogP contribution in [0.3, 0.4) is 0 Å². The van der Waals surface area contributed by atoms with Gasteiger partial charge in [-0.15, -0.1) is 0 Å². The Morgan fingerprint density at radius 2 is 1.68 bits per heavy atom. The third-order valence-electron chi connectivity index (χ3n) is 4.77. The topological polar surface area (TPSA) is 71.8 Å². The molecule has 8 heteroatoms. The second kappa shape index (κ2) is 7.05. The van der Waals surface area contributed by atoms with Gasteiger partial charge in [0.1, 0.15) is 5.56 Å². The van der Waals surface area contributed by atoms with Crippen LogP contribution in [0.5, 0.6) is 0 Å². The molecule has 2 aromatic carbocycles. The van der Waals surface area contributed by atoms with Gasteiger partial charge < -0.3 is 19.3 Å². The summed E-state index contributed by atoms with van der Waals surface area (Å²) in [6.45, 7) is 2.34. The van der Waals surface area contributed by atoms with Crippen molar-refractivity contribution in [2.75, 3.05) is 31.2 Å². The van der Waals surface area contributed by atoms with Gasteiger partial charge in [-0.25, -0.2) is 13.6 Å². The van der Waals surface area contributed by atoms with E-state index in [2.05, 4.69) is 4.90 Å². The van der Waals surface area contributed by atoms with Gasteiger partial charge in [-0.05, 0) is 18.2 Å². The monoisotopic (exact) mass is 386 g/mol. The Bertz CT molecular complexity index is 1140. The molecule has 0 atom stereocenters. The number of anilines is 1. The average Bonchev–Trinajstić information content (AvgIpc) is 2.70. The molecule has 2 heterocycles. The van der Waals surface area contributed by atoms with Crippen LogP contribution in [0.4, 0.5) is 14.5 Å². The molecule has 1 aliphatic heterocycles. The third kappa shape index (κ3) is 3.01. The van der Waals surface area contributed by atoms with Crippen molar-refractivity contribution in [1.29, 1.82) is 0 Å². The van der Waals surface area contributed by atoms with Crippen molar-refractivity contribution in [2.45, 2.75) is 0 Å². The van der Waals surface area contributed by atoms with Gasteiger partial charge in [-0.1, -0.05) is 12.1 Å². The molecular formula is C20H16F2N2O4. The molecule has 0 unspecified atom stereocenters. The first kappa shape index (κ1) is 18.1. The van der Waals surface area contributed by atoms with E-state index in [9.17, 15) is 23.5 Å². The number of aromatic carboxylic acids is 1. The van der Waals surface area contributed by atoms with Crippen LogP contribution in [0.25, 0.3) is 16.6 Å². The van der Waals surface area contributed by atoms with E-state index in [-0.39, 0.29) is 10.9 Å². The van der Waals surface area contributed by atoms with Crippen LogP contribution >= 0.6 is 0 Å². The van der Waals surface area contributed by atoms with E-state index in [1.807, 2.05) is 12.1 Å². The Morgan fingerprint density at radius 3 is 2.36 bits per heavy atom. The molecule has 0 amide bonds. The molecule has 3 aromatic rings. The van der Waals surface area contributed by atoms with Crippen LogP contribution in [-0.2, 0) is 4.74 Å². The molecule has 0 bridgehead atoms. The van der Waals surface area contributed by atoms with Gasteiger partial charge in [-0.3, -0.25) is 4.79 Å². The number of pyridine rings is 1. The van der Waals surface area contributed by atoms with E-state index in [1.165, 1.54) is 4.57 Å². The lowest BCUT2D eigenvalue weighted by molar-refractivity contribution is 0.0695. The number of para-hydroxylation sites is 2. The molecule has 1 fully saturated rings. The van der Waals surface area contributed by atoms with Crippen molar-refractivity contribution >= 4 is 22.6 Å². The predicted octanol–water partition coefficient (Wildman–Crippen LogP) is 2.80. The number of rotatable bonds is 3. The molecule has 4 rings (SSSR count). The molecule has 1 aromatic heterocycles. The lowest BCUT2D eigenvalue weighted by Crippen LogP contribution is -2.36. The number of halogens is 2. The van der Waals surface area contributed by atoms with Crippen LogP contribution in [0, 0.1) is 11.6 Å². The molecule has 0 spiro atoms. The van der Waals surface area contributed by atoms with Gasteiger partial charge in [0.2, 0.25) is 5.43 Å². The minimum atomic E-state index is -1.44. The fourth-order valence-electron chi connectivity index (χ4n) is 3.41. The molecule has 0 aliphatic carbocycles. The van der Waals surface area contributed by atoms with E-state index >= 15 is 0 Å². The van der Waals surface area contributed by atoms with Crippen molar-refractivity contribution < 1.29 is 23.4 Å². The summed E-state index contributed by atoms with van der Waals surface area (Å²) >= 11 is 0. The summed E-state index contributed by atoms with van der Waals surface area (Å²) < 4.78 is 34.5. The maximum atomic E-state index is 14.0. The zero-order valence-corrected chi connectivity index (χ0v) is 14.7. The Balaban J connectivity index is 2.04. The Hall–Kier alpha value is -3.26. The number of aromatic nitrogens is 1. The van der Waals surface area contributed by atoms with Gasteiger partial charge >= 0.3 is 5.97 Å². The molecular weight excluding hydrogens is 370 g/mol. The summed E-state index contributed by atoms with van der Waals surface area (Å²) in [5.74, 6) is -3.76. The van der Waals surface area contributed by atoms with Gasteiger partial charge in [0.15, 0.2) is 11.6 Å². The highest BCUT2D eigenvalue weighted by Crippen LogP contribution is 2.29. The van der Waals surface area contributed by atoms with Crippen LogP contribution in [0.2, 0.25) is 0 Å². The molecule has 1 saturated heterocycles. The highest BCUT2D eigenvalue weighted by molar-refractivity contribution is 5.93. The molecule has 28 heavy (non-hydrogen) atoms. The largest absolute Gasteiger partial charge is 0.477 e. The number of ether oxygens (including phenoxy) is 1. The number of carboxylic acids is 1. The summed E-state index contributed by atoms with van der Waals surface area (Å²) in [7, 11) is 0. The average molecular weight is 386 g/mol. The molecule has 6 nitrogen and oxygen atoms in total. The zero-order chi connectivity index (χ0) is 19.8. The van der Waals surface area contributed by atoms with Crippen molar-refractivity contribution in [1.82, 2.24) is 4.57 Å². The maximum Gasteiger partial charge on any atom is 0.341 e. The fraction of sp³-hybridized carbons (Fsp3) is 0.200. The fourth-order valence-corrected chi connectivity index (χ4v) is 3.41. The molecule has 0 radical (unpaired) electrons. The summed E-state index contributed by atoms with van der Waals surface area (Å²) in [6, 6.07) is 8.83. The smallest absolute Gasteiger partial charge is 0.341 e. The number of carboxylic acid groups (broad SMARTS) is 1. The van der Waals surface area contributed by atoms with E-state index in [4.69, 9.17) is 4.74 Å². The maximum absolute atomic E-state index is 14.0. The zero-order valence-electron chi connectivity index (χ0n) is 14.7. The number of fused-ring (bicyclic) bond motifs is 1. The minimum Gasteiger partial charge on any atom is -0.477 e. The second-order valence-electron chi connectivity index (χ2n) is 6.42. The molecule has 1 aliphatic rings. The summed E-state index contributed by atoms with van der Waals surface area (Å²) in [6.07, 6.45) is 1.16. The number of nitrogens with zero attached hydrogens (tertiary/aromatic N) is 2. The first-order chi connectivity index (χ1) is 13.5. The second-order valence-corrected chi connectivity index (χ2v) is 6.42. The van der Waals surface area contributed by atoms with Gasteiger partial charge in [0, 0.05) is 25.4 Å². The summed E-state index contributed by atoms with van der Waals surface area (Å²) in [5, 5.41) is 9.23. The molecule has 1 N–H and O–H groups in total. The highest BCUT2D eigenvalue weighted by atomic mass is 19.2. The van der Waals surface area contributed by atoms with Gasteiger partial charge in [0.25, 0.3) is 0 Å². The first-order valence-corrected chi connectivity index (χ1v) is 8.67. The number of carbonyl (C=O) groups is 1. The van der Waals surface area contributed by atoms with Crippen molar-refractivity contribution in [3.63, 3.8) is 0 Å². The SMILES string of the molecule is O=C(O)c1cn(-c2ccccc2N2CCOCC2)c2cc(F)c(F)cc2c1=O. The summed E-state index contributed by atoms with van der Waals surface area (Å²) in [4.78, 5) is 26.1. The predicted molar refractivity (Wildman–Crippen MR) is 99.5 cm³/mol. The number of hydrogen-bond acceptors (Lipinski definition) is 4. The van der Waals surface area contributed by atoms with Crippen molar-refractivity contribution in [3.05, 3.63) is 70.0 Å². The van der Waals surface area contributed by atoms with Gasteiger partial charge in [0.05, 0.1) is 35.5 Å². The van der Waals surface area contributed by atoms with Crippen LogP contribution in [0.1, 0.15) is 10.4 Å². The third-order valence-corrected chi connectivity index (χ3v) is 4.77. The number of morpholine rings is 1. The Kier molecular flexibility index (Phi) is 4.56. The van der Waals surface area contributed by atoms with E-state index in [1.54, 1.807) is 12.1 Å². The van der Waals surface area contributed by atoms with E-state index in [0.717, 1.165) is 24.0 Å². The highest BCUT2D eigenvalue weighted by Gasteiger charge is 2.21. The summed E-state index contributed by atoms with van der Waals surface area (Å²) in [5.41, 5.74) is 0.0473. The minimum absolute atomic E-state index is 0.0922. The van der Waals surface area contributed by atoms with Crippen LogP contribution in [0.15, 0.2) is 47.4 Å². The molecule has 144 valence electrons. The Labute approximate surface area is 158 Å². The van der Waals surface area contributed by atoms with E-state index < -0.39 is 28.6 Å². The lowest BCUT2D eigenvalue weighted by atomic mass is 10.1. The van der Waals surface area contributed by atoms with Gasteiger partial charge in [-0.2, -0.15) is 0 Å². The Morgan fingerprint density at radius 1 is 1.04 bits per heavy atom. The molecule has 0 saturated carbocycles. The van der Waals surface area contributed by atoms with E-state index in [0.29, 0.717) is 32.0 Å². The van der Waals surface area contributed by atoms with Crippen molar-refractivity contribution in [2.24, 2.45) is 0 Å². The van der Waals surface area contributed by atoms with Crippen molar-refractivity contribution in [3.8, 4) is 5.69 Å². The number of benzene rings is 2. The normalized spacial score (nSPS) is 14.4. The van der Waals surface area contributed by atoms with Crippen LogP contribution in [-0.4, -0.2) is 41.9 Å². The number of hydrogen-bond donors (Lipinski definition) is 1. The van der Waals surface area contributed by atoms with Crippen LogP contribution < -0.4 is 10.3 Å². The first-order valence-electron chi connectivity index (χ1n) is 8.67. The standard InChI is InChI=1S/C20H16F2N2O4/c21-14-9-12-18(10-15(14)22)24(11-13(19(12)25)20(26)27)17-4-2-1-3-16(17)23-5-7-28-8-6-23/h1-4,9-11H,5-8H2,(H,26,27).